The molecule has 114 valence electrons. The SMILES string of the molecule is CC(C)COc1ccc(C(C#N)C(=O)CC(C)(C)C)cc1. The summed E-state index contributed by atoms with van der Waals surface area (Å²) in [5.41, 5.74) is 0.635. The number of nitrogens with zero attached hydrogens (tertiary/aromatic N) is 1. The Morgan fingerprint density at radius 3 is 2.24 bits per heavy atom. The molecule has 0 saturated heterocycles. The second kappa shape index (κ2) is 7.26. The maximum atomic E-state index is 12.2. The zero-order chi connectivity index (χ0) is 16.0. The van der Waals surface area contributed by atoms with Crippen molar-refractivity contribution < 1.29 is 9.53 Å². The molecule has 0 aliphatic rings. The van der Waals surface area contributed by atoms with Gasteiger partial charge in [-0.15, -0.1) is 0 Å². The monoisotopic (exact) mass is 287 g/mol. The third-order valence-corrected chi connectivity index (χ3v) is 2.95. The summed E-state index contributed by atoms with van der Waals surface area (Å²) in [6.07, 6.45) is 0.400. The minimum Gasteiger partial charge on any atom is -0.493 e. The van der Waals surface area contributed by atoms with Crippen molar-refractivity contribution in [2.45, 2.75) is 47.0 Å². The lowest BCUT2D eigenvalue weighted by molar-refractivity contribution is -0.121. The van der Waals surface area contributed by atoms with Crippen LogP contribution in [0.2, 0.25) is 0 Å². The summed E-state index contributed by atoms with van der Waals surface area (Å²) in [5.74, 6) is 0.515. The Morgan fingerprint density at radius 1 is 1.24 bits per heavy atom. The first-order valence-corrected chi connectivity index (χ1v) is 7.38. The molecular weight excluding hydrogens is 262 g/mol. The molecule has 1 aromatic carbocycles. The molecule has 0 radical (unpaired) electrons. The van der Waals surface area contributed by atoms with E-state index in [2.05, 4.69) is 19.9 Å². The lowest BCUT2D eigenvalue weighted by atomic mass is 9.84. The smallest absolute Gasteiger partial charge is 0.154 e. The predicted molar refractivity (Wildman–Crippen MR) is 84.2 cm³/mol. The molecule has 0 saturated carbocycles. The van der Waals surface area contributed by atoms with Crippen LogP contribution in [0.25, 0.3) is 0 Å². The molecule has 0 fully saturated rings. The van der Waals surface area contributed by atoms with E-state index in [4.69, 9.17) is 4.74 Å². The van der Waals surface area contributed by atoms with Gasteiger partial charge in [0, 0.05) is 6.42 Å². The summed E-state index contributed by atoms with van der Waals surface area (Å²) in [4.78, 5) is 12.2. The number of rotatable bonds is 6. The number of hydrogen-bond acceptors (Lipinski definition) is 3. The molecule has 3 nitrogen and oxygen atoms in total. The van der Waals surface area contributed by atoms with Gasteiger partial charge in [0.25, 0.3) is 0 Å². The highest BCUT2D eigenvalue weighted by atomic mass is 16.5. The van der Waals surface area contributed by atoms with Gasteiger partial charge in [0.1, 0.15) is 11.7 Å². The fourth-order valence-electron chi connectivity index (χ4n) is 1.98. The minimum atomic E-state index is -0.691. The first-order valence-electron chi connectivity index (χ1n) is 7.38. The molecule has 0 spiro atoms. The molecule has 1 aromatic rings. The molecule has 0 aliphatic carbocycles. The fourth-order valence-corrected chi connectivity index (χ4v) is 1.98. The van der Waals surface area contributed by atoms with Crippen molar-refractivity contribution >= 4 is 5.78 Å². The summed E-state index contributed by atoms with van der Waals surface area (Å²) in [5, 5.41) is 9.29. The van der Waals surface area contributed by atoms with Crippen molar-refractivity contribution in [2.24, 2.45) is 11.3 Å². The van der Waals surface area contributed by atoms with Gasteiger partial charge < -0.3 is 4.74 Å². The lowest BCUT2D eigenvalue weighted by Gasteiger charge is -2.19. The van der Waals surface area contributed by atoms with Crippen LogP contribution in [0.1, 0.15) is 52.5 Å². The molecule has 3 heteroatoms. The molecule has 1 rings (SSSR count). The summed E-state index contributed by atoms with van der Waals surface area (Å²) in [6.45, 7) is 10.8. The van der Waals surface area contributed by atoms with E-state index in [1.165, 1.54) is 0 Å². The molecule has 0 aliphatic heterocycles. The van der Waals surface area contributed by atoms with Gasteiger partial charge in [0.05, 0.1) is 12.7 Å². The van der Waals surface area contributed by atoms with Gasteiger partial charge in [0.15, 0.2) is 5.78 Å². The molecule has 0 aromatic heterocycles. The van der Waals surface area contributed by atoms with Crippen LogP contribution in [0.15, 0.2) is 24.3 Å². The highest BCUT2D eigenvalue weighted by Crippen LogP contribution is 2.27. The summed E-state index contributed by atoms with van der Waals surface area (Å²) in [7, 11) is 0. The Labute approximate surface area is 127 Å². The third-order valence-electron chi connectivity index (χ3n) is 2.95. The van der Waals surface area contributed by atoms with E-state index < -0.39 is 5.92 Å². The van der Waals surface area contributed by atoms with Crippen molar-refractivity contribution in [2.75, 3.05) is 6.61 Å². The van der Waals surface area contributed by atoms with Gasteiger partial charge in [-0.05, 0) is 29.0 Å². The molecule has 1 unspecified atom stereocenters. The van der Waals surface area contributed by atoms with Crippen LogP contribution >= 0.6 is 0 Å². The average Bonchev–Trinajstić information content (AvgIpc) is 2.36. The van der Waals surface area contributed by atoms with Crippen LogP contribution in [0.3, 0.4) is 0 Å². The van der Waals surface area contributed by atoms with Gasteiger partial charge >= 0.3 is 0 Å². The maximum Gasteiger partial charge on any atom is 0.154 e. The predicted octanol–water partition coefficient (Wildman–Crippen LogP) is 4.33. The van der Waals surface area contributed by atoms with Crippen molar-refractivity contribution in [1.82, 2.24) is 0 Å². The van der Waals surface area contributed by atoms with Crippen molar-refractivity contribution in [3.8, 4) is 11.8 Å². The third kappa shape index (κ3) is 5.99. The number of hydrogen-bond donors (Lipinski definition) is 0. The molecule has 21 heavy (non-hydrogen) atoms. The zero-order valence-electron chi connectivity index (χ0n) is 13.6. The Bertz CT molecular complexity index is 504. The minimum absolute atomic E-state index is 0.0270. The summed E-state index contributed by atoms with van der Waals surface area (Å²) in [6, 6.07) is 9.39. The Morgan fingerprint density at radius 2 is 1.81 bits per heavy atom. The molecular formula is C18H25NO2. The first kappa shape index (κ1) is 17.2. The van der Waals surface area contributed by atoms with E-state index in [9.17, 15) is 10.1 Å². The van der Waals surface area contributed by atoms with Crippen LogP contribution in [0, 0.1) is 22.7 Å². The van der Waals surface area contributed by atoms with E-state index in [1.807, 2.05) is 45.0 Å². The van der Waals surface area contributed by atoms with Gasteiger partial charge in [-0.2, -0.15) is 5.26 Å². The van der Waals surface area contributed by atoms with E-state index in [1.54, 1.807) is 0 Å². The van der Waals surface area contributed by atoms with E-state index in [0.717, 1.165) is 11.3 Å². The number of Topliss-reactive ketones (excluding diaryl/α,β-unsaturated/α-hetero) is 1. The number of ketones is 1. The van der Waals surface area contributed by atoms with Crippen LogP contribution < -0.4 is 4.74 Å². The average molecular weight is 287 g/mol. The first-order chi connectivity index (χ1) is 9.73. The maximum absolute atomic E-state index is 12.2. The van der Waals surface area contributed by atoms with Gasteiger partial charge in [0.2, 0.25) is 0 Å². The van der Waals surface area contributed by atoms with Crippen LogP contribution in [-0.2, 0) is 4.79 Å². The second-order valence-electron chi connectivity index (χ2n) is 7.04. The normalized spacial score (nSPS) is 12.8. The van der Waals surface area contributed by atoms with Crippen molar-refractivity contribution in [3.05, 3.63) is 29.8 Å². The van der Waals surface area contributed by atoms with Gasteiger partial charge in [-0.25, -0.2) is 0 Å². The van der Waals surface area contributed by atoms with Gasteiger partial charge in [-0.3, -0.25) is 4.79 Å². The van der Waals surface area contributed by atoms with Gasteiger partial charge in [-0.1, -0.05) is 46.8 Å². The van der Waals surface area contributed by atoms with E-state index >= 15 is 0 Å². The molecule has 0 bridgehead atoms. The van der Waals surface area contributed by atoms with Crippen molar-refractivity contribution in [3.63, 3.8) is 0 Å². The number of carbonyl (C=O) groups is 1. The van der Waals surface area contributed by atoms with E-state index in [-0.39, 0.29) is 11.2 Å². The van der Waals surface area contributed by atoms with Crippen LogP contribution in [0.4, 0.5) is 0 Å². The Kier molecular flexibility index (Phi) is 5.96. The zero-order valence-corrected chi connectivity index (χ0v) is 13.6. The Hall–Kier alpha value is -1.82. The summed E-state index contributed by atoms with van der Waals surface area (Å²) >= 11 is 0. The Balaban J connectivity index is 2.78. The standard InChI is InChI=1S/C18H25NO2/c1-13(2)12-21-15-8-6-14(7-9-15)16(11-19)17(20)10-18(3,4)5/h6-9,13,16H,10,12H2,1-5H3. The quantitative estimate of drug-likeness (QED) is 0.782. The number of benzene rings is 1. The molecule has 0 amide bonds. The molecule has 1 atom stereocenters. The van der Waals surface area contributed by atoms with Crippen LogP contribution in [0.5, 0.6) is 5.75 Å². The highest BCUT2D eigenvalue weighted by molar-refractivity contribution is 5.88. The number of nitriles is 1. The number of ether oxygens (including phenoxy) is 1. The summed E-state index contributed by atoms with van der Waals surface area (Å²) < 4.78 is 5.61. The highest BCUT2D eigenvalue weighted by Gasteiger charge is 2.25. The van der Waals surface area contributed by atoms with Crippen molar-refractivity contribution in [1.29, 1.82) is 5.26 Å². The van der Waals surface area contributed by atoms with Crippen LogP contribution in [-0.4, -0.2) is 12.4 Å². The molecule has 0 heterocycles. The fraction of sp³-hybridized carbons (Fsp3) is 0.556. The topological polar surface area (TPSA) is 50.1 Å². The lowest BCUT2D eigenvalue weighted by Crippen LogP contribution is -2.18. The van der Waals surface area contributed by atoms with E-state index in [0.29, 0.717) is 18.9 Å². The second-order valence-corrected chi connectivity index (χ2v) is 7.04. The number of carbonyl (C=O) groups excluding carboxylic acids is 1. The molecule has 0 N–H and O–H groups in total. The largest absolute Gasteiger partial charge is 0.493 e.